The van der Waals surface area contributed by atoms with Crippen molar-refractivity contribution in [3.8, 4) is 0 Å². The van der Waals surface area contributed by atoms with E-state index in [9.17, 15) is 17.6 Å². The number of pyridine rings is 1. The molecule has 2 N–H and O–H groups in total. The summed E-state index contributed by atoms with van der Waals surface area (Å²) in [5.41, 5.74) is 3.87. The fraction of sp³-hybridized carbons (Fsp3) is 0.143. The molecule has 0 spiro atoms. The number of nitrogens with one attached hydrogen (secondary N) is 2. The highest BCUT2D eigenvalue weighted by Crippen LogP contribution is 2.24. The van der Waals surface area contributed by atoms with Gasteiger partial charge in [0.15, 0.2) is 0 Å². The second-order valence-electron chi connectivity index (χ2n) is 8.51. The van der Waals surface area contributed by atoms with Gasteiger partial charge in [-0.15, -0.1) is 0 Å². The Morgan fingerprint density at radius 3 is 2.22 bits per heavy atom. The number of aromatic nitrogens is 1. The molecule has 0 aliphatic carbocycles. The van der Waals surface area contributed by atoms with Crippen molar-refractivity contribution in [2.75, 3.05) is 5.32 Å². The summed E-state index contributed by atoms with van der Waals surface area (Å²) in [6.45, 7) is 2.49. The Morgan fingerprint density at radius 2 is 1.54 bits per heavy atom. The van der Waals surface area contributed by atoms with E-state index in [-0.39, 0.29) is 23.8 Å². The summed E-state index contributed by atoms with van der Waals surface area (Å²) < 4.78 is 42.1. The molecule has 4 rings (SSSR count). The molecule has 190 valence electrons. The van der Waals surface area contributed by atoms with Gasteiger partial charge in [-0.05, 0) is 77.7 Å². The summed E-state index contributed by atoms with van der Waals surface area (Å²) >= 11 is 0. The first-order valence-electron chi connectivity index (χ1n) is 11.6. The normalized spacial score (nSPS) is 11.3. The Balaban J connectivity index is 1.50. The Hall–Kier alpha value is -4.08. The van der Waals surface area contributed by atoms with Crippen molar-refractivity contribution in [3.05, 3.63) is 125 Å². The van der Waals surface area contributed by atoms with Crippen molar-refractivity contribution >= 4 is 21.7 Å². The Labute approximate surface area is 216 Å². The Kier molecular flexibility index (Phi) is 8.27. The van der Waals surface area contributed by atoms with Gasteiger partial charge in [-0.2, -0.15) is 4.31 Å². The lowest BCUT2D eigenvalue weighted by molar-refractivity contribution is 0.251. The van der Waals surface area contributed by atoms with E-state index in [1.165, 1.54) is 28.6 Å². The molecule has 0 fully saturated rings. The molecule has 7 nitrogen and oxygen atoms in total. The van der Waals surface area contributed by atoms with Crippen LogP contribution in [0.4, 0.5) is 14.9 Å². The van der Waals surface area contributed by atoms with Gasteiger partial charge >= 0.3 is 6.03 Å². The molecule has 0 atom stereocenters. The molecule has 0 unspecified atom stereocenters. The molecule has 9 heteroatoms. The molecule has 3 aromatic carbocycles. The van der Waals surface area contributed by atoms with Crippen LogP contribution in [-0.4, -0.2) is 23.7 Å². The van der Waals surface area contributed by atoms with E-state index in [2.05, 4.69) is 15.6 Å². The number of hydrogen-bond acceptors (Lipinski definition) is 4. The minimum atomic E-state index is -3.91. The second kappa shape index (κ2) is 11.8. The first-order chi connectivity index (χ1) is 17.8. The maximum atomic E-state index is 13.7. The van der Waals surface area contributed by atoms with Gasteiger partial charge in [0.25, 0.3) is 0 Å². The van der Waals surface area contributed by atoms with E-state index in [1.54, 1.807) is 48.8 Å². The van der Waals surface area contributed by atoms with Crippen molar-refractivity contribution in [2.45, 2.75) is 31.5 Å². The van der Waals surface area contributed by atoms with Gasteiger partial charge in [0.2, 0.25) is 10.0 Å². The molecular formula is C28H27FN4O3S. The summed E-state index contributed by atoms with van der Waals surface area (Å²) in [6.07, 6.45) is 3.29. The van der Waals surface area contributed by atoms with E-state index >= 15 is 0 Å². The van der Waals surface area contributed by atoms with E-state index in [0.29, 0.717) is 17.8 Å². The number of sulfonamides is 1. The minimum Gasteiger partial charge on any atom is -0.334 e. The van der Waals surface area contributed by atoms with Gasteiger partial charge in [0.05, 0.1) is 4.90 Å². The van der Waals surface area contributed by atoms with Gasteiger partial charge in [-0.1, -0.05) is 36.4 Å². The number of carbonyl (C=O) groups is 1. The van der Waals surface area contributed by atoms with E-state index in [0.717, 1.165) is 16.7 Å². The van der Waals surface area contributed by atoms with Crippen LogP contribution >= 0.6 is 0 Å². The third-order valence-corrected chi connectivity index (χ3v) is 7.64. The zero-order valence-corrected chi connectivity index (χ0v) is 21.1. The van der Waals surface area contributed by atoms with Crippen molar-refractivity contribution in [1.29, 1.82) is 0 Å². The summed E-state index contributed by atoms with van der Waals surface area (Å²) in [5, 5.41) is 5.45. The number of halogens is 1. The van der Waals surface area contributed by atoms with Crippen LogP contribution in [0.25, 0.3) is 0 Å². The molecule has 1 aromatic heterocycles. The van der Waals surface area contributed by atoms with Gasteiger partial charge in [0, 0.05) is 37.7 Å². The molecule has 37 heavy (non-hydrogen) atoms. The third kappa shape index (κ3) is 6.99. The summed E-state index contributed by atoms with van der Waals surface area (Å²) in [7, 11) is -3.91. The average molecular weight is 519 g/mol. The Bertz CT molecular complexity index is 1450. The summed E-state index contributed by atoms with van der Waals surface area (Å²) in [4.78, 5) is 16.3. The van der Waals surface area contributed by atoms with Crippen LogP contribution in [0.1, 0.15) is 22.3 Å². The van der Waals surface area contributed by atoms with Crippen LogP contribution in [-0.2, 0) is 29.7 Å². The lowest BCUT2D eigenvalue weighted by atomic mass is 10.1. The molecule has 0 radical (unpaired) electrons. The van der Waals surface area contributed by atoms with Crippen molar-refractivity contribution in [3.63, 3.8) is 0 Å². The topological polar surface area (TPSA) is 91.4 Å². The van der Waals surface area contributed by atoms with Gasteiger partial charge in [-0.25, -0.2) is 17.6 Å². The van der Waals surface area contributed by atoms with Gasteiger partial charge in [-0.3, -0.25) is 4.98 Å². The Morgan fingerprint density at radius 1 is 0.865 bits per heavy atom. The van der Waals surface area contributed by atoms with E-state index in [1.807, 2.05) is 31.2 Å². The fourth-order valence-electron chi connectivity index (χ4n) is 3.71. The van der Waals surface area contributed by atoms with Crippen LogP contribution in [0.5, 0.6) is 0 Å². The monoisotopic (exact) mass is 518 g/mol. The second-order valence-corrected chi connectivity index (χ2v) is 10.5. The van der Waals surface area contributed by atoms with Gasteiger partial charge in [0.1, 0.15) is 5.82 Å². The molecular weight excluding hydrogens is 491 g/mol. The number of rotatable bonds is 9. The largest absolute Gasteiger partial charge is 0.334 e. The molecule has 0 aliphatic heterocycles. The van der Waals surface area contributed by atoms with E-state index < -0.39 is 16.1 Å². The lowest BCUT2D eigenvalue weighted by Gasteiger charge is -2.23. The molecule has 0 saturated carbocycles. The van der Waals surface area contributed by atoms with Crippen molar-refractivity contribution in [1.82, 2.24) is 14.6 Å². The highest BCUT2D eigenvalue weighted by Gasteiger charge is 2.25. The first-order valence-corrected chi connectivity index (χ1v) is 13.1. The fourth-order valence-corrected chi connectivity index (χ4v) is 5.12. The number of urea groups is 1. The summed E-state index contributed by atoms with van der Waals surface area (Å²) in [6, 6.07) is 22.6. The molecule has 2 amide bonds. The average Bonchev–Trinajstić information content (AvgIpc) is 2.90. The van der Waals surface area contributed by atoms with Crippen LogP contribution in [0.15, 0.2) is 102 Å². The maximum absolute atomic E-state index is 13.7. The number of aryl methyl sites for hydroxylation is 1. The predicted octanol–water partition coefficient (Wildman–Crippen LogP) is 5.24. The van der Waals surface area contributed by atoms with Crippen LogP contribution in [0, 0.1) is 12.7 Å². The molecule has 0 saturated heterocycles. The van der Waals surface area contributed by atoms with Crippen LogP contribution in [0.3, 0.4) is 0 Å². The quantitative estimate of drug-likeness (QED) is 0.317. The zero-order chi connectivity index (χ0) is 26.3. The van der Waals surface area contributed by atoms with Gasteiger partial charge < -0.3 is 10.6 Å². The number of amides is 2. The number of nitrogens with zero attached hydrogens (tertiary/aromatic N) is 2. The molecule has 1 heterocycles. The lowest BCUT2D eigenvalue weighted by Crippen LogP contribution is -2.30. The smallest absolute Gasteiger partial charge is 0.319 e. The standard InChI is InChI=1S/C28H27FN4O3S/c1-21-4-2-3-5-24(21)20-33(19-23-6-8-25(29)9-7-23)37(35,36)27-12-10-26(11-13-27)32-28(34)31-18-22-14-16-30-17-15-22/h2-17H,18-20H2,1H3,(H2,31,32,34). The molecule has 4 aromatic rings. The highest BCUT2D eigenvalue weighted by molar-refractivity contribution is 7.89. The van der Waals surface area contributed by atoms with E-state index in [4.69, 9.17) is 0 Å². The zero-order valence-electron chi connectivity index (χ0n) is 20.3. The predicted molar refractivity (Wildman–Crippen MR) is 141 cm³/mol. The summed E-state index contributed by atoms with van der Waals surface area (Å²) in [5.74, 6) is -0.384. The maximum Gasteiger partial charge on any atom is 0.319 e. The minimum absolute atomic E-state index is 0.0777. The first kappa shape index (κ1) is 26.0. The number of anilines is 1. The van der Waals surface area contributed by atoms with Crippen molar-refractivity contribution < 1.29 is 17.6 Å². The number of carbonyl (C=O) groups excluding carboxylic acids is 1. The van der Waals surface area contributed by atoms with Crippen LogP contribution < -0.4 is 10.6 Å². The van der Waals surface area contributed by atoms with Crippen LogP contribution in [0.2, 0.25) is 0 Å². The molecule has 0 aliphatic rings. The molecule has 0 bridgehead atoms. The van der Waals surface area contributed by atoms with Crippen molar-refractivity contribution in [2.24, 2.45) is 0 Å². The SMILES string of the molecule is Cc1ccccc1CN(Cc1ccc(F)cc1)S(=O)(=O)c1ccc(NC(=O)NCc2ccncc2)cc1. The number of hydrogen-bond donors (Lipinski definition) is 2. The highest BCUT2D eigenvalue weighted by atomic mass is 32.2. The number of benzene rings is 3. The third-order valence-electron chi connectivity index (χ3n) is 5.83.